The van der Waals surface area contributed by atoms with Gasteiger partial charge in [0.2, 0.25) is 0 Å². The van der Waals surface area contributed by atoms with Crippen LogP contribution in [-0.4, -0.2) is 54.9 Å². The zero-order chi connectivity index (χ0) is 21.0. The van der Waals surface area contributed by atoms with Gasteiger partial charge in [-0.25, -0.2) is 9.59 Å². The standard InChI is InChI=1S/C17H15Br2NO7S/c1-8(16(23)26-3)20-15(22)12(28-17(20)24)6-9-4-10(18)14(11(19)5-9)27-7-13(21)25-2/h4-6,8H,7H2,1-3H3/b12-6+/t8-/m1/s1. The van der Waals surface area contributed by atoms with Crippen molar-refractivity contribution >= 4 is 72.8 Å². The van der Waals surface area contributed by atoms with Crippen molar-refractivity contribution in [3.05, 3.63) is 31.5 Å². The van der Waals surface area contributed by atoms with Gasteiger partial charge in [0.05, 0.1) is 28.1 Å². The van der Waals surface area contributed by atoms with Crippen molar-refractivity contribution in [1.29, 1.82) is 0 Å². The number of imide groups is 1. The Bertz CT molecular complexity index is 848. The number of nitrogens with zero attached hydrogens (tertiary/aromatic N) is 1. The summed E-state index contributed by atoms with van der Waals surface area (Å²) in [4.78, 5) is 48.6. The topological polar surface area (TPSA) is 99.2 Å². The Labute approximate surface area is 181 Å². The molecule has 0 saturated carbocycles. The van der Waals surface area contributed by atoms with Crippen molar-refractivity contribution in [2.45, 2.75) is 13.0 Å². The van der Waals surface area contributed by atoms with Crippen LogP contribution >= 0.6 is 43.6 Å². The Balaban J connectivity index is 2.26. The molecular weight excluding hydrogens is 522 g/mol. The zero-order valence-corrected chi connectivity index (χ0v) is 19.0. The molecule has 0 bridgehead atoms. The number of carbonyl (C=O) groups is 4. The lowest BCUT2D eigenvalue weighted by Crippen LogP contribution is -2.42. The van der Waals surface area contributed by atoms with Crippen molar-refractivity contribution in [3.63, 3.8) is 0 Å². The van der Waals surface area contributed by atoms with Crippen LogP contribution in [-0.2, 0) is 23.9 Å². The second-order valence-electron chi connectivity index (χ2n) is 5.43. The third-order valence-corrected chi connectivity index (χ3v) is 5.70. The average Bonchev–Trinajstić information content (AvgIpc) is 2.92. The van der Waals surface area contributed by atoms with Crippen LogP contribution in [0.2, 0.25) is 0 Å². The maximum atomic E-state index is 12.5. The van der Waals surface area contributed by atoms with Gasteiger partial charge in [0.15, 0.2) is 6.61 Å². The molecule has 2 rings (SSSR count). The molecule has 1 aliphatic heterocycles. The van der Waals surface area contributed by atoms with Crippen LogP contribution in [0.25, 0.3) is 6.08 Å². The minimum absolute atomic E-state index is 0.169. The summed E-state index contributed by atoms with van der Waals surface area (Å²) in [6.07, 6.45) is 1.52. The van der Waals surface area contributed by atoms with Gasteiger partial charge in [0.25, 0.3) is 11.1 Å². The number of ether oxygens (including phenoxy) is 3. The van der Waals surface area contributed by atoms with Gasteiger partial charge in [-0.3, -0.25) is 14.5 Å². The Morgan fingerprint density at radius 2 is 1.79 bits per heavy atom. The number of carbonyl (C=O) groups excluding carboxylic acids is 4. The number of methoxy groups -OCH3 is 2. The molecular formula is C17H15Br2NO7S. The Morgan fingerprint density at radius 1 is 1.18 bits per heavy atom. The van der Waals surface area contributed by atoms with Crippen LogP contribution in [0.5, 0.6) is 5.75 Å². The fourth-order valence-corrected chi connectivity index (χ4v) is 4.59. The largest absolute Gasteiger partial charge is 0.480 e. The summed E-state index contributed by atoms with van der Waals surface area (Å²) in [6, 6.07) is 2.31. The van der Waals surface area contributed by atoms with Gasteiger partial charge in [-0.05, 0) is 74.3 Å². The van der Waals surface area contributed by atoms with E-state index in [0.717, 1.165) is 16.7 Å². The summed E-state index contributed by atoms with van der Waals surface area (Å²) in [6.45, 7) is 1.16. The van der Waals surface area contributed by atoms with Crippen molar-refractivity contribution in [2.24, 2.45) is 0 Å². The quantitative estimate of drug-likeness (QED) is 0.403. The van der Waals surface area contributed by atoms with Crippen LogP contribution in [0.3, 0.4) is 0 Å². The van der Waals surface area contributed by atoms with E-state index in [9.17, 15) is 19.2 Å². The molecule has 8 nitrogen and oxygen atoms in total. The van der Waals surface area contributed by atoms with Crippen molar-refractivity contribution in [1.82, 2.24) is 4.90 Å². The third-order valence-electron chi connectivity index (χ3n) is 3.63. The number of rotatable bonds is 6. The number of hydrogen-bond acceptors (Lipinski definition) is 8. The number of hydrogen-bond donors (Lipinski definition) is 0. The first kappa shape index (κ1) is 22.4. The molecule has 0 spiro atoms. The molecule has 28 heavy (non-hydrogen) atoms. The highest BCUT2D eigenvalue weighted by Gasteiger charge is 2.41. The van der Waals surface area contributed by atoms with Gasteiger partial charge >= 0.3 is 11.9 Å². The number of halogens is 2. The lowest BCUT2D eigenvalue weighted by Gasteiger charge is -2.18. The number of esters is 2. The van der Waals surface area contributed by atoms with E-state index in [1.165, 1.54) is 27.2 Å². The van der Waals surface area contributed by atoms with Crippen LogP contribution in [0.4, 0.5) is 4.79 Å². The van der Waals surface area contributed by atoms with Crippen LogP contribution in [0, 0.1) is 0 Å². The molecule has 0 N–H and O–H groups in total. The lowest BCUT2D eigenvalue weighted by molar-refractivity contribution is -0.148. The zero-order valence-electron chi connectivity index (χ0n) is 15.0. The van der Waals surface area contributed by atoms with E-state index in [0.29, 0.717) is 20.3 Å². The Hall–Kier alpha value is -1.85. The number of benzene rings is 1. The van der Waals surface area contributed by atoms with Gasteiger partial charge in [0.1, 0.15) is 11.8 Å². The molecule has 1 saturated heterocycles. The molecule has 1 fully saturated rings. The molecule has 1 atom stereocenters. The number of amides is 2. The molecule has 0 aromatic heterocycles. The molecule has 1 aromatic rings. The summed E-state index contributed by atoms with van der Waals surface area (Å²) in [5, 5.41) is -0.551. The van der Waals surface area contributed by atoms with Crippen molar-refractivity contribution < 1.29 is 33.4 Å². The summed E-state index contributed by atoms with van der Waals surface area (Å²) in [5.74, 6) is -1.40. The highest BCUT2D eigenvalue weighted by atomic mass is 79.9. The first-order chi connectivity index (χ1) is 13.2. The van der Waals surface area contributed by atoms with E-state index in [2.05, 4.69) is 41.3 Å². The maximum absolute atomic E-state index is 12.5. The molecule has 1 heterocycles. The molecule has 0 aliphatic carbocycles. The highest BCUT2D eigenvalue weighted by Crippen LogP contribution is 2.38. The average molecular weight is 537 g/mol. The van der Waals surface area contributed by atoms with Gasteiger partial charge in [-0.1, -0.05) is 0 Å². The summed E-state index contributed by atoms with van der Waals surface area (Å²) in [7, 11) is 2.44. The number of thioether (sulfide) groups is 1. The van der Waals surface area contributed by atoms with Gasteiger partial charge in [-0.2, -0.15) is 0 Å². The second-order valence-corrected chi connectivity index (χ2v) is 8.13. The van der Waals surface area contributed by atoms with E-state index in [4.69, 9.17) is 4.74 Å². The Morgan fingerprint density at radius 3 is 2.32 bits per heavy atom. The van der Waals surface area contributed by atoms with E-state index in [-0.39, 0.29) is 11.5 Å². The minimum atomic E-state index is -1.02. The molecule has 1 aromatic carbocycles. The molecule has 0 radical (unpaired) electrons. The van der Waals surface area contributed by atoms with Crippen LogP contribution < -0.4 is 4.74 Å². The summed E-state index contributed by atoms with van der Waals surface area (Å²) < 4.78 is 15.6. The van der Waals surface area contributed by atoms with Crippen molar-refractivity contribution in [3.8, 4) is 5.75 Å². The van der Waals surface area contributed by atoms with E-state index in [1.807, 2.05) is 0 Å². The first-order valence-corrected chi connectivity index (χ1v) is 10.1. The lowest BCUT2D eigenvalue weighted by atomic mass is 10.2. The molecule has 1 aliphatic rings. The third kappa shape index (κ3) is 4.95. The van der Waals surface area contributed by atoms with Gasteiger partial charge < -0.3 is 14.2 Å². The van der Waals surface area contributed by atoms with E-state index >= 15 is 0 Å². The maximum Gasteiger partial charge on any atom is 0.343 e. The predicted molar refractivity (Wildman–Crippen MR) is 109 cm³/mol. The van der Waals surface area contributed by atoms with Gasteiger partial charge in [0, 0.05) is 0 Å². The smallest absolute Gasteiger partial charge is 0.343 e. The predicted octanol–water partition coefficient (Wildman–Crippen LogP) is 3.36. The molecule has 2 amide bonds. The normalized spacial score (nSPS) is 16.3. The summed E-state index contributed by atoms with van der Waals surface area (Å²) in [5.41, 5.74) is 0.598. The van der Waals surface area contributed by atoms with Crippen LogP contribution in [0.15, 0.2) is 26.0 Å². The fraction of sp³-hybridized carbons (Fsp3) is 0.294. The molecule has 11 heteroatoms. The SMILES string of the molecule is COC(=O)COc1c(Br)cc(/C=C2/SC(=O)N([C@H](C)C(=O)OC)C2=O)cc1Br. The Kier molecular flexibility index (Phi) is 7.67. The van der Waals surface area contributed by atoms with Gasteiger partial charge in [-0.15, -0.1) is 0 Å². The van der Waals surface area contributed by atoms with E-state index < -0.39 is 29.1 Å². The van der Waals surface area contributed by atoms with Crippen LogP contribution in [0.1, 0.15) is 12.5 Å². The minimum Gasteiger partial charge on any atom is -0.480 e. The second kappa shape index (κ2) is 9.57. The van der Waals surface area contributed by atoms with E-state index in [1.54, 1.807) is 12.1 Å². The molecule has 0 unspecified atom stereocenters. The monoisotopic (exact) mass is 535 g/mol. The highest BCUT2D eigenvalue weighted by molar-refractivity contribution is 9.11. The first-order valence-electron chi connectivity index (χ1n) is 7.73. The van der Waals surface area contributed by atoms with Crippen molar-refractivity contribution in [2.75, 3.05) is 20.8 Å². The summed E-state index contributed by atoms with van der Waals surface area (Å²) >= 11 is 7.42. The fourth-order valence-electron chi connectivity index (χ4n) is 2.23. The molecule has 150 valence electrons.